The summed E-state index contributed by atoms with van der Waals surface area (Å²) < 4.78 is 18.7. The van der Waals surface area contributed by atoms with Crippen molar-refractivity contribution >= 4 is 27.8 Å². The van der Waals surface area contributed by atoms with Crippen LogP contribution in [0, 0.1) is 11.7 Å². The first kappa shape index (κ1) is 16.6. The summed E-state index contributed by atoms with van der Waals surface area (Å²) in [5, 5.41) is 2.53. The van der Waals surface area contributed by atoms with Crippen molar-refractivity contribution in [1.29, 1.82) is 0 Å². The van der Waals surface area contributed by atoms with Crippen molar-refractivity contribution in [1.82, 2.24) is 5.32 Å². The number of hydrogen-bond acceptors (Lipinski definition) is 3. The van der Waals surface area contributed by atoms with Gasteiger partial charge in [0, 0.05) is 0 Å². The van der Waals surface area contributed by atoms with E-state index < -0.39 is 23.7 Å². The van der Waals surface area contributed by atoms with Crippen molar-refractivity contribution in [3.8, 4) is 0 Å². The Morgan fingerprint density at radius 3 is 2.65 bits per heavy atom. The average Bonchev–Trinajstić information content (AvgIpc) is 2.45. The van der Waals surface area contributed by atoms with Crippen LogP contribution in [0.2, 0.25) is 0 Å². The molecule has 0 bridgehead atoms. The molecule has 0 fully saturated rings. The summed E-state index contributed by atoms with van der Waals surface area (Å²) in [5.74, 6) is -1.94. The van der Waals surface area contributed by atoms with E-state index in [4.69, 9.17) is 0 Å². The largest absolute Gasteiger partial charge is 0.467 e. The number of halogens is 2. The van der Waals surface area contributed by atoms with Gasteiger partial charge in [0.25, 0.3) is 5.91 Å². The molecule has 0 saturated heterocycles. The topological polar surface area (TPSA) is 55.4 Å². The SMILES string of the molecule is CCC(C)C(NC(=O)c1cccc(Br)c1F)C(=O)OC. The zero-order chi connectivity index (χ0) is 15.3. The number of esters is 1. The quantitative estimate of drug-likeness (QED) is 0.834. The van der Waals surface area contributed by atoms with Crippen LogP contribution in [0.3, 0.4) is 0 Å². The van der Waals surface area contributed by atoms with Crippen molar-refractivity contribution < 1.29 is 18.7 Å². The van der Waals surface area contributed by atoms with Gasteiger partial charge in [0.15, 0.2) is 0 Å². The molecule has 0 aliphatic carbocycles. The van der Waals surface area contributed by atoms with Gasteiger partial charge in [-0.15, -0.1) is 0 Å². The van der Waals surface area contributed by atoms with E-state index in [-0.39, 0.29) is 16.0 Å². The Morgan fingerprint density at radius 1 is 1.45 bits per heavy atom. The van der Waals surface area contributed by atoms with E-state index in [2.05, 4.69) is 26.0 Å². The predicted molar refractivity (Wildman–Crippen MR) is 76.8 cm³/mol. The van der Waals surface area contributed by atoms with Gasteiger partial charge < -0.3 is 10.1 Å². The van der Waals surface area contributed by atoms with Crippen molar-refractivity contribution in [3.63, 3.8) is 0 Å². The highest BCUT2D eigenvalue weighted by molar-refractivity contribution is 9.10. The lowest BCUT2D eigenvalue weighted by Gasteiger charge is -2.22. The number of hydrogen-bond donors (Lipinski definition) is 1. The molecular weight excluding hydrogens is 329 g/mol. The summed E-state index contributed by atoms with van der Waals surface area (Å²) >= 11 is 3.02. The summed E-state index contributed by atoms with van der Waals surface area (Å²) in [4.78, 5) is 23.8. The van der Waals surface area contributed by atoms with E-state index in [1.165, 1.54) is 19.2 Å². The predicted octanol–water partition coefficient (Wildman–Crippen LogP) is 2.91. The molecule has 1 N–H and O–H groups in total. The molecule has 1 aromatic rings. The van der Waals surface area contributed by atoms with E-state index in [9.17, 15) is 14.0 Å². The molecule has 0 aliphatic heterocycles. The number of nitrogens with one attached hydrogen (secondary N) is 1. The summed E-state index contributed by atoms with van der Waals surface area (Å²) in [6.07, 6.45) is 0.682. The van der Waals surface area contributed by atoms with Gasteiger partial charge in [-0.05, 0) is 34.0 Å². The number of carbonyl (C=O) groups is 2. The van der Waals surface area contributed by atoms with Gasteiger partial charge in [-0.1, -0.05) is 26.3 Å². The molecule has 2 unspecified atom stereocenters. The minimum absolute atomic E-state index is 0.110. The second-order valence-electron chi connectivity index (χ2n) is 4.46. The van der Waals surface area contributed by atoms with Crippen molar-refractivity contribution in [2.45, 2.75) is 26.3 Å². The maximum atomic E-state index is 13.8. The van der Waals surface area contributed by atoms with Gasteiger partial charge in [0.2, 0.25) is 0 Å². The van der Waals surface area contributed by atoms with Crippen LogP contribution < -0.4 is 5.32 Å². The van der Waals surface area contributed by atoms with Gasteiger partial charge in [0.1, 0.15) is 11.9 Å². The summed E-state index contributed by atoms with van der Waals surface area (Å²) in [6, 6.07) is 3.62. The highest BCUT2D eigenvalue weighted by atomic mass is 79.9. The lowest BCUT2D eigenvalue weighted by Crippen LogP contribution is -2.45. The fraction of sp³-hybridized carbons (Fsp3) is 0.429. The Labute approximate surface area is 125 Å². The van der Waals surface area contributed by atoms with E-state index in [1.54, 1.807) is 6.07 Å². The zero-order valence-electron chi connectivity index (χ0n) is 11.6. The first-order chi connectivity index (χ1) is 9.42. The Morgan fingerprint density at radius 2 is 2.10 bits per heavy atom. The van der Waals surface area contributed by atoms with Crippen molar-refractivity contribution in [3.05, 3.63) is 34.1 Å². The third-order valence-electron chi connectivity index (χ3n) is 3.15. The molecule has 1 aromatic carbocycles. The van der Waals surface area contributed by atoms with E-state index >= 15 is 0 Å². The standard InChI is InChI=1S/C14H17BrFNO3/c1-4-8(2)12(14(19)20-3)17-13(18)9-6-5-7-10(15)11(9)16/h5-8,12H,4H2,1-3H3,(H,17,18). The Balaban J connectivity index is 2.96. The monoisotopic (exact) mass is 345 g/mol. The zero-order valence-corrected chi connectivity index (χ0v) is 13.2. The summed E-state index contributed by atoms with van der Waals surface area (Å²) in [5.41, 5.74) is -0.114. The fourth-order valence-electron chi connectivity index (χ4n) is 1.69. The number of amides is 1. The Bertz CT molecular complexity index is 507. The average molecular weight is 346 g/mol. The van der Waals surface area contributed by atoms with Crippen molar-refractivity contribution in [2.24, 2.45) is 5.92 Å². The molecule has 1 amide bonds. The normalized spacial score (nSPS) is 13.4. The molecule has 20 heavy (non-hydrogen) atoms. The van der Waals surface area contributed by atoms with E-state index in [1.807, 2.05) is 13.8 Å². The second kappa shape index (κ2) is 7.38. The maximum absolute atomic E-state index is 13.8. The molecule has 2 atom stereocenters. The van der Waals surface area contributed by atoms with Crippen LogP contribution in [-0.4, -0.2) is 25.0 Å². The van der Waals surface area contributed by atoms with Crippen LogP contribution in [-0.2, 0) is 9.53 Å². The van der Waals surface area contributed by atoms with Crippen LogP contribution in [0.25, 0.3) is 0 Å². The molecule has 0 aliphatic rings. The molecule has 0 radical (unpaired) electrons. The number of benzene rings is 1. The lowest BCUT2D eigenvalue weighted by atomic mass is 9.99. The van der Waals surface area contributed by atoms with Gasteiger partial charge in [-0.3, -0.25) is 4.79 Å². The number of rotatable bonds is 5. The van der Waals surface area contributed by atoms with Crippen LogP contribution >= 0.6 is 15.9 Å². The molecule has 110 valence electrons. The highest BCUT2D eigenvalue weighted by Crippen LogP contribution is 2.19. The minimum atomic E-state index is -0.795. The van der Waals surface area contributed by atoms with E-state index in [0.29, 0.717) is 6.42 Å². The van der Waals surface area contributed by atoms with Crippen LogP contribution in [0.15, 0.2) is 22.7 Å². The first-order valence-corrected chi connectivity index (χ1v) is 7.04. The molecule has 4 nitrogen and oxygen atoms in total. The minimum Gasteiger partial charge on any atom is -0.467 e. The first-order valence-electron chi connectivity index (χ1n) is 6.25. The molecule has 1 rings (SSSR count). The number of ether oxygens (including phenoxy) is 1. The molecule has 0 aromatic heterocycles. The van der Waals surface area contributed by atoms with Crippen LogP contribution in [0.4, 0.5) is 4.39 Å². The summed E-state index contributed by atoms with van der Waals surface area (Å²) in [6.45, 7) is 3.71. The number of methoxy groups -OCH3 is 1. The van der Waals surface area contributed by atoms with E-state index in [0.717, 1.165) is 0 Å². The molecule has 6 heteroatoms. The Kier molecular flexibility index (Phi) is 6.13. The van der Waals surface area contributed by atoms with Crippen LogP contribution in [0.1, 0.15) is 30.6 Å². The summed E-state index contributed by atoms with van der Waals surface area (Å²) in [7, 11) is 1.25. The molecular formula is C14H17BrFNO3. The lowest BCUT2D eigenvalue weighted by molar-refractivity contribution is -0.144. The van der Waals surface area contributed by atoms with Crippen LogP contribution in [0.5, 0.6) is 0 Å². The van der Waals surface area contributed by atoms with Gasteiger partial charge in [-0.25, -0.2) is 9.18 Å². The van der Waals surface area contributed by atoms with Gasteiger partial charge in [-0.2, -0.15) is 0 Å². The molecule has 0 heterocycles. The molecule has 0 spiro atoms. The number of carbonyl (C=O) groups excluding carboxylic acids is 2. The van der Waals surface area contributed by atoms with Gasteiger partial charge in [0.05, 0.1) is 17.1 Å². The third kappa shape index (κ3) is 3.79. The highest BCUT2D eigenvalue weighted by Gasteiger charge is 2.28. The third-order valence-corrected chi connectivity index (χ3v) is 3.76. The molecule has 0 saturated carbocycles. The fourth-order valence-corrected chi connectivity index (χ4v) is 2.06. The smallest absolute Gasteiger partial charge is 0.328 e. The second-order valence-corrected chi connectivity index (χ2v) is 5.32. The van der Waals surface area contributed by atoms with Gasteiger partial charge >= 0.3 is 5.97 Å². The maximum Gasteiger partial charge on any atom is 0.328 e. The Hall–Kier alpha value is -1.43. The van der Waals surface area contributed by atoms with Crippen molar-refractivity contribution in [2.75, 3.05) is 7.11 Å².